The molecule has 3 aromatic heterocycles. The van der Waals surface area contributed by atoms with Crippen molar-refractivity contribution in [2.24, 2.45) is 0 Å². The van der Waals surface area contributed by atoms with Gasteiger partial charge in [0.2, 0.25) is 0 Å². The van der Waals surface area contributed by atoms with Gasteiger partial charge in [0.05, 0.1) is 18.3 Å². The summed E-state index contributed by atoms with van der Waals surface area (Å²) in [5, 5.41) is 1.88. The summed E-state index contributed by atoms with van der Waals surface area (Å²) in [7, 11) is 0. The van der Waals surface area contributed by atoms with E-state index in [1.54, 1.807) is 6.07 Å². The quantitative estimate of drug-likeness (QED) is 0.777. The van der Waals surface area contributed by atoms with Crippen LogP contribution in [0.25, 0.3) is 10.2 Å². The number of anilines is 1. The molecule has 1 unspecified atom stereocenters. The Kier molecular flexibility index (Phi) is 4.22. The van der Waals surface area contributed by atoms with Gasteiger partial charge in [-0.1, -0.05) is 0 Å². The molecule has 0 radical (unpaired) electrons. The third-order valence-corrected chi connectivity index (χ3v) is 5.36. The third-order valence-electron chi connectivity index (χ3n) is 4.45. The standard InChI is InChI=1S/C17H18FN5OS/c1-11-9-22(5-6-23(11)15-3-2-12(18)8-19-15)10-14-20-13-4-7-25-16(13)17(24)21-14/h2-4,7-8,11H,5-6,9-10H2,1H3,(H,20,21,24). The van der Waals surface area contributed by atoms with Gasteiger partial charge in [-0.3, -0.25) is 9.69 Å². The van der Waals surface area contributed by atoms with Crippen LogP contribution in [0.15, 0.2) is 34.6 Å². The van der Waals surface area contributed by atoms with Crippen LogP contribution in [0.1, 0.15) is 12.7 Å². The molecule has 1 aliphatic rings. The first kappa shape index (κ1) is 16.2. The number of hydrogen-bond acceptors (Lipinski definition) is 6. The van der Waals surface area contributed by atoms with Gasteiger partial charge < -0.3 is 9.88 Å². The molecule has 0 bridgehead atoms. The van der Waals surface area contributed by atoms with Gasteiger partial charge in [-0.25, -0.2) is 14.4 Å². The van der Waals surface area contributed by atoms with Crippen molar-refractivity contribution >= 4 is 27.4 Å². The van der Waals surface area contributed by atoms with Crippen molar-refractivity contribution in [3.8, 4) is 0 Å². The lowest BCUT2D eigenvalue weighted by atomic mass is 10.2. The van der Waals surface area contributed by atoms with Crippen LogP contribution >= 0.6 is 11.3 Å². The van der Waals surface area contributed by atoms with Gasteiger partial charge in [0, 0.05) is 25.7 Å². The lowest BCUT2D eigenvalue weighted by molar-refractivity contribution is 0.215. The molecule has 3 aromatic rings. The summed E-state index contributed by atoms with van der Waals surface area (Å²) in [6, 6.07) is 5.26. The molecule has 0 saturated carbocycles. The van der Waals surface area contributed by atoms with Gasteiger partial charge >= 0.3 is 0 Å². The van der Waals surface area contributed by atoms with E-state index in [9.17, 15) is 9.18 Å². The van der Waals surface area contributed by atoms with Gasteiger partial charge in [-0.15, -0.1) is 11.3 Å². The molecule has 130 valence electrons. The van der Waals surface area contributed by atoms with Gasteiger partial charge in [0.1, 0.15) is 22.2 Å². The maximum atomic E-state index is 13.1. The maximum absolute atomic E-state index is 13.1. The minimum absolute atomic E-state index is 0.0720. The lowest BCUT2D eigenvalue weighted by Gasteiger charge is -2.40. The summed E-state index contributed by atoms with van der Waals surface area (Å²) < 4.78 is 13.7. The molecule has 0 aliphatic carbocycles. The molecule has 0 amide bonds. The molecule has 4 heterocycles. The molecular formula is C17H18FN5OS. The van der Waals surface area contributed by atoms with Crippen molar-refractivity contribution in [2.45, 2.75) is 19.5 Å². The number of piperazine rings is 1. The van der Waals surface area contributed by atoms with Crippen LogP contribution in [0.4, 0.5) is 10.2 Å². The SMILES string of the molecule is CC1CN(Cc2nc3ccsc3c(=O)[nH]2)CCN1c1ccc(F)cn1. The Balaban J connectivity index is 1.46. The molecule has 4 rings (SSSR count). The van der Waals surface area contributed by atoms with E-state index in [2.05, 4.69) is 31.7 Å². The number of aromatic amines is 1. The van der Waals surface area contributed by atoms with Gasteiger partial charge in [-0.2, -0.15) is 0 Å². The fourth-order valence-corrected chi connectivity index (χ4v) is 3.99. The fourth-order valence-electron chi connectivity index (χ4n) is 3.26. The Labute approximate surface area is 148 Å². The Morgan fingerprint density at radius 1 is 1.36 bits per heavy atom. The monoisotopic (exact) mass is 359 g/mol. The Morgan fingerprint density at radius 2 is 2.24 bits per heavy atom. The number of thiophene rings is 1. The van der Waals surface area contributed by atoms with Crippen LogP contribution < -0.4 is 10.5 Å². The number of rotatable bonds is 3. The number of fused-ring (bicyclic) bond motifs is 1. The number of hydrogen-bond donors (Lipinski definition) is 1. The van der Waals surface area contributed by atoms with E-state index in [-0.39, 0.29) is 17.4 Å². The first-order valence-corrected chi connectivity index (χ1v) is 9.05. The van der Waals surface area contributed by atoms with Crippen molar-refractivity contribution in [3.63, 3.8) is 0 Å². The second kappa shape index (κ2) is 6.53. The van der Waals surface area contributed by atoms with E-state index in [0.717, 1.165) is 31.0 Å². The van der Waals surface area contributed by atoms with Crippen LogP contribution in [0.3, 0.4) is 0 Å². The van der Waals surface area contributed by atoms with E-state index in [1.807, 2.05) is 11.4 Å². The number of halogens is 1. The first-order chi connectivity index (χ1) is 12.1. The summed E-state index contributed by atoms with van der Waals surface area (Å²) in [4.78, 5) is 28.1. The Hall–Kier alpha value is -2.32. The lowest BCUT2D eigenvalue weighted by Crippen LogP contribution is -2.52. The molecule has 8 heteroatoms. The highest BCUT2D eigenvalue weighted by Gasteiger charge is 2.25. The van der Waals surface area contributed by atoms with E-state index in [1.165, 1.54) is 23.6 Å². The number of nitrogens with one attached hydrogen (secondary N) is 1. The normalized spacial score (nSPS) is 18.8. The predicted molar refractivity (Wildman–Crippen MR) is 96.5 cm³/mol. The van der Waals surface area contributed by atoms with Gasteiger partial charge in [0.15, 0.2) is 0 Å². The van der Waals surface area contributed by atoms with Crippen LogP contribution in [-0.4, -0.2) is 45.5 Å². The minimum atomic E-state index is -0.325. The molecule has 0 spiro atoms. The molecule has 1 saturated heterocycles. The molecular weight excluding hydrogens is 341 g/mol. The van der Waals surface area contributed by atoms with Crippen molar-refractivity contribution in [1.29, 1.82) is 0 Å². The minimum Gasteiger partial charge on any atom is -0.351 e. The van der Waals surface area contributed by atoms with Crippen molar-refractivity contribution < 1.29 is 4.39 Å². The van der Waals surface area contributed by atoms with Crippen LogP contribution in [0.5, 0.6) is 0 Å². The van der Waals surface area contributed by atoms with Crippen LogP contribution in [0.2, 0.25) is 0 Å². The highest BCUT2D eigenvalue weighted by atomic mass is 32.1. The van der Waals surface area contributed by atoms with Crippen molar-refractivity contribution in [2.75, 3.05) is 24.5 Å². The van der Waals surface area contributed by atoms with Crippen LogP contribution in [0, 0.1) is 5.82 Å². The van der Waals surface area contributed by atoms with Gasteiger partial charge in [0.25, 0.3) is 5.56 Å². The Bertz CT molecular complexity index is 938. The predicted octanol–water partition coefficient (Wildman–Crippen LogP) is 2.23. The molecule has 1 fully saturated rings. The number of H-pyrrole nitrogens is 1. The van der Waals surface area contributed by atoms with Crippen molar-refractivity contribution in [3.05, 3.63) is 51.8 Å². The summed E-state index contributed by atoms with van der Waals surface area (Å²) in [5.74, 6) is 1.16. The van der Waals surface area contributed by atoms with Crippen LogP contribution in [-0.2, 0) is 6.54 Å². The fraction of sp³-hybridized carbons (Fsp3) is 0.353. The van der Waals surface area contributed by atoms with E-state index >= 15 is 0 Å². The van der Waals surface area contributed by atoms with Crippen molar-refractivity contribution in [1.82, 2.24) is 19.9 Å². The van der Waals surface area contributed by atoms with Gasteiger partial charge in [-0.05, 0) is 30.5 Å². The highest BCUT2D eigenvalue weighted by Crippen LogP contribution is 2.20. The summed E-state index contributed by atoms with van der Waals surface area (Å²) >= 11 is 1.41. The highest BCUT2D eigenvalue weighted by molar-refractivity contribution is 7.17. The topological polar surface area (TPSA) is 65.1 Å². The summed E-state index contributed by atoms with van der Waals surface area (Å²) in [5.41, 5.74) is 0.683. The zero-order chi connectivity index (χ0) is 17.4. The molecule has 0 aromatic carbocycles. The second-order valence-electron chi connectivity index (χ2n) is 6.26. The zero-order valence-electron chi connectivity index (χ0n) is 13.8. The number of aromatic nitrogens is 3. The second-order valence-corrected chi connectivity index (χ2v) is 7.18. The molecule has 1 atom stereocenters. The summed E-state index contributed by atoms with van der Waals surface area (Å²) in [6.07, 6.45) is 1.25. The molecule has 1 aliphatic heterocycles. The number of pyridine rings is 1. The Morgan fingerprint density at radius 3 is 3.00 bits per heavy atom. The van der Waals surface area contributed by atoms with E-state index < -0.39 is 0 Å². The smallest absolute Gasteiger partial charge is 0.268 e. The zero-order valence-corrected chi connectivity index (χ0v) is 14.6. The first-order valence-electron chi connectivity index (χ1n) is 8.17. The third kappa shape index (κ3) is 3.27. The molecule has 1 N–H and O–H groups in total. The molecule has 6 nitrogen and oxygen atoms in total. The van der Waals surface area contributed by atoms with E-state index in [4.69, 9.17) is 0 Å². The molecule has 25 heavy (non-hydrogen) atoms. The summed E-state index contributed by atoms with van der Waals surface area (Å²) in [6.45, 7) is 5.18. The maximum Gasteiger partial charge on any atom is 0.268 e. The average Bonchev–Trinajstić information content (AvgIpc) is 3.05. The average molecular weight is 359 g/mol. The van der Waals surface area contributed by atoms with E-state index in [0.29, 0.717) is 17.1 Å². The largest absolute Gasteiger partial charge is 0.351 e. The number of nitrogens with zero attached hydrogens (tertiary/aromatic N) is 4.